The first-order chi connectivity index (χ1) is 6.38. The highest BCUT2D eigenvalue weighted by Crippen LogP contribution is 2.28. The Labute approximate surface area is 85.4 Å². The van der Waals surface area contributed by atoms with Gasteiger partial charge in [0.05, 0.1) is 0 Å². The molecule has 2 saturated heterocycles. The second-order valence-electron chi connectivity index (χ2n) is 4.15. The lowest BCUT2D eigenvalue weighted by Crippen LogP contribution is -2.49. The molecule has 0 aromatic heterocycles. The Hall–Kier alpha value is 0.270. The maximum Gasteiger partial charge on any atom is 0.0110 e. The van der Waals surface area contributed by atoms with E-state index < -0.39 is 0 Å². The lowest BCUT2D eigenvalue weighted by atomic mass is 9.99. The highest BCUT2D eigenvalue weighted by molar-refractivity contribution is 7.99. The topological polar surface area (TPSA) is 15.3 Å². The summed E-state index contributed by atoms with van der Waals surface area (Å²) in [5, 5.41) is 3.41. The third-order valence-electron chi connectivity index (χ3n) is 3.37. The van der Waals surface area contributed by atoms with Crippen LogP contribution in [0.5, 0.6) is 0 Å². The van der Waals surface area contributed by atoms with Gasteiger partial charge in [-0.1, -0.05) is 0 Å². The molecular weight excluding hydrogens is 180 g/mol. The van der Waals surface area contributed by atoms with E-state index in [-0.39, 0.29) is 0 Å². The van der Waals surface area contributed by atoms with Crippen LogP contribution in [-0.2, 0) is 0 Å². The molecule has 0 aromatic carbocycles. The summed E-state index contributed by atoms with van der Waals surface area (Å²) in [5.74, 6) is 3.75. The first-order valence-corrected chi connectivity index (χ1v) is 6.56. The summed E-state index contributed by atoms with van der Waals surface area (Å²) in [6.07, 6.45) is 1.44. The molecule has 1 N–H and O–H groups in total. The molecule has 0 amide bonds. The summed E-state index contributed by atoms with van der Waals surface area (Å²) in [7, 11) is 0. The van der Waals surface area contributed by atoms with Crippen molar-refractivity contribution in [2.45, 2.75) is 19.4 Å². The zero-order valence-electron chi connectivity index (χ0n) is 8.46. The zero-order valence-corrected chi connectivity index (χ0v) is 9.28. The molecule has 0 saturated carbocycles. The van der Waals surface area contributed by atoms with E-state index in [1.165, 1.54) is 44.1 Å². The average Bonchev–Trinajstić information content (AvgIpc) is 2.71. The van der Waals surface area contributed by atoms with Crippen LogP contribution in [0.15, 0.2) is 0 Å². The molecule has 0 bridgehead atoms. The molecule has 13 heavy (non-hydrogen) atoms. The first kappa shape index (κ1) is 9.81. The third-order valence-corrected chi connectivity index (χ3v) is 4.56. The largest absolute Gasteiger partial charge is 0.314 e. The van der Waals surface area contributed by atoms with Crippen molar-refractivity contribution < 1.29 is 0 Å². The summed E-state index contributed by atoms with van der Waals surface area (Å²) >= 11 is 2.13. The van der Waals surface area contributed by atoms with Crippen LogP contribution in [0, 0.1) is 5.92 Å². The van der Waals surface area contributed by atoms with E-state index in [2.05, 4.69) is 28.9 Å². The number of nitrogens with one attached hydrogen (secondary N) is 1. The standard InChI is InChI=1S/C10H20N2S/c1-9(10-2-7-13-8-10)12-5-3-11-4-6-12/h9-11H,2-8H2,1H3. The molecule has 0 aliphatic carbocycles. The quantitative estimate of drug-likeness (QED) is 0.717. The van der Waals surface area contributed by atoms with Crippen LogP contribution in [0.3, 0.4) is 0 Å². The smallest absolute Gasteiger partial charge is 0.0110 e. The molecule has 0 radical (unpaired) electrons. The Kier molecular flexibility index (Phi) is 3.52. The Morgan fingerprint density at radius 3 is 2.77 bits per heavy atom. The number of nitrogens with zero attached hydrogens (tertiary/aromatic N) is 1. The van der Waals surface area contributed by atoms with E-state index in [1.807, 2.05) is 0 Å². The molecule has 76 valence electrons. The lowest BCUT2D eigenvalue weighted by Gasteiger charge is -2.35. The van der Waals surface area contributed by atoms with Gasteiger partial charge in [0, 0.05) is 32.2 Å². The van der Waals surface area contributed by atoms with Crippen molar-refractivity contribution in [3.63, 3.8) is 0 Å². The molecule has 0 aromatic rings. The molecule has 2 nitrogen and oxygen atoms in total. The van der Waals surface area contributed by atoms with Crippen molar-refractivity contribution in [1.29, 1.82) is 0 Å². The SMILES string of the molecule is CC(C1CCSC1)N1CCNCC1. The van der Waals surface area contributed by atoms with Crippen molar-refractivity contribution in [2.24, 2.45) is 5.92 Å². The van der Waals surface area contributed by atoms with Gasteiger partial charge in [0.2, 0.25) is 0 Å². The summed E-state index contributed by atoms with van der Waals surface area (Å²) in [4.78, 5) is 2.66. The van der Waals surface area contributed by atoms with Crippen molar-refractivity contribution in [3.05, 3.63) is 0 Å². The lowest BCUT2D eigenvalue weighted by molar-refractivity contribution is 0.145. The van der Waals surface area contributed by atoms with E-state index in [4.69, 9.17) is 0 Å². The molecule has 2 atom stereocenters. The van der Waals surface area contributed by atoms with Gasteiger partial charge >= 0.3 is 0 Å². The van der Waals surface area contributed by atoms with Gasteiger partial charge in [-0.2, -0.15) is 11.8 Å². The van der Waals surface area contributed by atoms with E-state index >= 15 is 0 Å². The van der Waals surface area contributed by atoms with Crippen LogP contribution in [0.4, 0.5) is 0 Å². The van der Waals surface area contributed by atoms with Crippen LogP contribution in [0.25, 0.3) is 0 Å². The monoisotopic (exact) mass is 200 g/mol. The molecular formula is C10H20N2S. The van der Waals surface area contributed by atoms with Gasteiger partial charge in [-0.05, 0) is 30.8 Å². The van der Waals surface area contributed by atoms with Gasteiger partial charge in [0.15, 0.2) is 0 Å². The van der Waals surface area contributed by atoms with Gasteiger partial charge in [-0.25, -0.2) is 0 Å². The Morgan fingerprint density at radius 1 is 1.38 bits per heavy atom. The molecule has 2 aliphatic rings. The maximum absolute atomic E-state index is 3.41. The number of hydrogen-bond donors (Lipinski definition) is 1. The van der Waals surface area contributed by atoms with Gasteiger partial charge in [-0.3, -0.25) is 4.90 Å². The minimum Gasteiger partial charge on any atom is -0.314 e. The van der Waals surface area contributed by atoms with Crippen molar-refractivity contribution in [1.82, 2.24) is 10.2 Å². The zero-order chi connectivity index (χ0) is 9.10. The van der Waals surface area contributed by atoms with Gasteiger partial charge in [0.1, 0.15) is 0 Å². The number of thioether (sulfide) groups is 1. The fourth-order valence-corrected chi connectivity index (χ4v) is 3.70. The minimum absolute atomic E-state index is 0.817. The fourth-order valence-electron chi connectivity index (χ4n) is 2.32. The van der Waals surface area contributed by atoms with Crippen LogP contribution in [0.1, 0.15) is 13.3 Å². The molecule has 0 spiro atoms. The van der Waals surface area contributed by atoms with Gasteiger partial charge in [0.25, 0.3) is 0 Å². The molecule has 3 heteroatoms. The van der Waals surface area contributed by atoms with Gasteiger partial charge < -0.3 is 5.32 Å². The van der Waals surface area contributed by atoms with Gasteiger partial charge in [-0.15, -0.1) is 0 Å². The Balaban J connectivity index is 1.83. The first-order valence-electron chi connectivity index (χ1n) is 5.40. The number of hydrogen-bond acceptors (Lipinski definition) is 3. The second-order valence-corrected chi connectivity index (χ2v) is 5.30. The van der Waals surface area contributed by atoms with E-state index in [0.717, 1.165) is 12.0 Å². The van der Waals surface area contributed by atoms with E-state index in [1.54, 1.807) is 0 Å². The van der Waals surface area contributed by atoms with Crippen molar-refractivity contribution in [2.75, 3.05) is 37.7 Å². The van der Waals surface area contributed by atoms with Crippen LogP contribution in [0.2, 0.25) is 0 Å². The predicted molar refractivity (Wildman–Crippen MR) is 59.3 cm³/mol. The second kappa shape index (κ2) is 4.67. The average molecular weight is 200 g/mol. The number of piperazine rings is 1. The van der Waals surface area contributed by atoms with Crippen molar-refractivity contribution >= 4 is 11.8 Å². The highest BCUT2D eigenvalue weighted by Gasteiger charge is 2.27. The van der Waals surface area contributed by atoms with E-state index in [0.29, 0.717) is 0 Å². The maximum atomic E-state index is 3.41. The minimum atomic E-state index is 0.817. The number of rotatable bonds is 2. The predicted octanol–water partition coefficient (Wildman–Crippen LogP) is 1.03. The summed E-state index contributed by atoms with van der Waals surface area (Å²) < 4.78 is 0. The van der Waals surface area contributed by atoms with E-state index in [9.17, 15) is 0 Å². The summed E-state index contributed by atoms with van der Waals surface area (Å²) in [6, 6.07) is 0.817. The third kappa shape index (κ3) is 2.39. The highest BCUT2D eigenvalue weighted by atomic mass is 32.2. The summed E-state index contributed by atoms with van der Waals surface area (Å²) in [6.45, 7) is 7.29. The molecule has 2 rings (SSSR count). The molecule has 2 aliphatic heterocycles. The molecule has 2 unspecified atom stereocenters. The normalized spacial score (nSPS) is 33.5. The van der Waals surface area contributed by atoms with Crippen LogP contribution < -0.4 is 5.32 Å². The fraction of sp³-hybridized carbons (Fsp3) is 1.00. The van der Waals surface area contributed by atoms with Crippen LogP contribution >= 0.6 is 11.8 Å². The molecule has 2 fully saturated rings. The molecule has 2 heterocycles. The van der Waals surface area contributed by atoms with Crippen molar-refractivity contribution in [3.8, 4) is 0 Å². The Morgan fingerprint density at radius 2 is 2.15 bits per heavy atom. The Bertz CT molecular complexity index is 151. The van der Waals surface area contributed by atoms with Crippen LogP contribution in [-0.4, -0.2) is 48.6 Å². The summed E-state index contributed by atoms with van der Waals surface area (Å²) in [5.41, 5.74) is 0.